The van der Waals surface area contributed by atoms with Gasteiger partial charge in [-0.15, -0.1) is 0 Å². The Morgan fingerprint density at radius 2 is 1.19 bits per heavy atom. The van der Waals surface area contributed by atoms with Gasteiger partial charge in [0.05, 0.1) is 24.3 Å². The Morgan fingerprint density at radius 1 is 0.885 bits per heavy atom. The standard InChI is InChI=1S/C15H30N6O5/c1-14(2,7-22)18-11(24)16-9-10(21(6)13(26)20(9)5)17-12(25)19-15(3,4)8-23/h9-10,22-23H,7-8H2,1-6H3,(H2,16,18,24)(H2,17,19,25)/t9-,10-/m1/s1. The lowest BCUT2D eigenvalue weighted by atomic mass is 10.1. The maximum absolute atomic E-state index is 12.2. The Labute approximate surface area is 153 Å². The zero-order chi connectivity index (χ0) is 20.3. The lowest BCUT2D eigenvalue weighted by Crippen LogP contribution is -2.62. The van der Waals surface area contributed by atoms with Gasteiger partial charge >= 0.3 is 18.1 Å². The molecule has 2 atom stereocenters. The number of hydrogen-bond donors (Lipinski definition) is 6. The highest BCUT2D eigenvalue weighted by Gasteiger charge is 2.44. The third-order valence-electron chi connectivity index (χ3n) is 3.99. The first-order chi connectivity index (χ1) is 11.8. The molecule has 0 bridgehead atoms. The van der Waals surface area contributed by atoms with Crippen molar-refractivity contribution in [2.75, 3.05) is 27.3 Å². The molecule has 0 saturated carbocycles. The molecule has 0 aromatic carbocycles. The maximum Gasteiger partial charge on any atom is 0.323 e. The smallest absolute Gasteiger partial charge is 0.323 e. The molecular weight excluding hydrogens is 344 g/mol. The van der Waals surface area contributed by atoms with Gasteiger partial charge in [0.25, 0.3) is 0 Å². The first-order valence-electron chi connectivity index (χ1n) is 8.22. The molecule has 1 aliphatic rings. The number of likely N-dealkylation sites (N-methyl/N-ethyl adjacent to an activating group) is 2. The molecule has 0 spiro atoms. The van der Waals surface area contributed by atoms with Crippen molar-refractivity contribution in [1.82, 2.24) is 31.1 Å². The van der Waals surface area contributed by atoms with Crippen molar-refractivity contribution >= 4 is 18.1 Å². The van der Waals surface area contributed by atoms with Crippen molar-refractivity contribution < 1.29 is 24.6 Å². The van der Waals surface area contributed by atoms with E-state index in [1.807, 2.05) is 0 Å². The van der Waals surface area contributed by atoms with Gasteiger partial charge in [0, 0.05) is 14.1 Å². The number of nitrogens with zero attached hydrogens (tertiary/aromatic N) is 2. The van der Waals surface area contributed by atoms with Gasteiger partial charge in [0.15, 0.2) is 0 Å². The summed E-state index contributed by atoms with van der Waals surface area (Å²) < 4.78 is 0. The molecule has 1 rings (SSSR count). The van der Waals surface area contributed by atoms with Crippen LogP contribution in [0.5, 0.6) is 0 Å². The number of carbonyl (C=O) groups is 3. The van der Waals surface area contributed by atoms with Crippen LogP contribution in [-0.4, -0.2) is 88.8 Å². The summed E-state index contributed by atoms with van der Waals surface area (Å²) in [6.45, 7) is 6.04. The molecule has 26 heavy (non-hydrogen) atoms. The third-order valence-corrected chi connectivity index (χ3v) is 3.99. The molecule has 6 N–H and O–H groups in total. The quantitative estimate of drug-likeness (QED) is 0.345. The van der Waals surface area contributed by atoms with E-state index in [9.17, 15) is 24.6 Å². The van der Waals surface area contributed by atoms with E-state index in [2.05, 4.69) is 21.3 Å². The largest absolute Gasteiger partial charge is 0.394 e. The normalized spacial score (nSPS) is 20.8. The van der Waals surface area contributed by atoms with Gasteiger partial charge in [-0.1, -0.05) is 0 Å². The van der Waals surface area contributed by atoms with Crippen molar-refractivity contribution in [2.45, 2.75) is 51.1 Å². The molecule has 1 saturated heterocycles. The number of nitrogens with one attached hydrogen (secondary N) is 4. The summed E-state index contributed by atoms with van der Waals surface area (Å²) in [4.78, 5) is 39.1. The van der Waals surface area contributed by atoms with Crippen LogP contribution < -0.4 is 21.3 Å². The predicted octanol–water partition coefficient (Wildman–Crippen LogP) is -1.22. The monoisotopic (exact) mass is 374 g/mol. The second kappa shape index (κ2) is 7.96. The van der Waals surface area contributed by atoms with E-state index in [0.717, 1.165) is 0 Å². The summed E-state index contributed by atoms with van der Waals surface area (Å²) in [7, 11) is 3.00. The predicted molar refractivity (Wildman–Crippen MR) is 94.2 cm³/mol. The van der Waals surface area contributed by atoms with Crippen LogP contribution in [0.4, 0.5) is 14.4 Å². The summed E-state index contributed by atoms with van der Waals surface area (Å²) in [5.41, 5.74) is -1.69. The highest BCUT2D eigenvalue weighted by Crippen LogP contribution is 2.16. The molecule has 0 aromatic heterocycles. The molecule has 0 aromatic rings. The molecule has 11 heteroatoms. The molecule has 1 fully saturated rings. The first kappa shape index (κ1) is 21.8. The van der Waals surface area contributed by atoms with Crippen LogP contribution in [0.3, 0.4) is 0 Å². The van der Waals surface area contributed by atoms with E-state index in [1.165, 1.54) is 23.9 Å². The minimum absolute atomic E-state index is 0.264. The number of rotatable bonds is 6. The third kappa shape index (κ3) is 5.36. The van der Waals surface area contributed by atoms with Gasteiger partial charge in [-0.3, -0.25) is 0 Å². The Kier molecular flexibility index (Phi) is 6.66. The minimum atomic E-state index is -0.845. The number of amides is 6. The van der Waals surface area contributed by atoms with Crippen molar-refractivity contribution in [2.24, 2.45) is 0 Å². The van der Waals surface area contributed by atoms with Gasteiger partial charge in [0.1, 0.15) is 12.3 Å². The Hall–Kier alpha value is -2.27. The first-order valence-corrected chi connectivity index (χ1v) is 8.22. The summed E-state index contributed by atoms with van der Waals surface area (Å²) in [5, 5.41) is 28.9. The summed E-state index contributed by atoms with van der Waals surface area (Å²) in [5.74, 6) is 0. The van der Waals surface area contributed by atoms with E-state index in [-0.39, 0.29) is 19.2 Å². The van der Waals surface area contributed by atoms with E-state index >= 15 is 0 Å². The van der Waals surface area contributed by atoms with Gasteiger partial charge in [-0.25, -0.2) is 14.4 Å². The van der Waals surface area contributed by atoms with Crippen LogP contribution in [0.15, 0.2) is 0 Å². The molecule has 6 amide bonds. The summed E-state index contributed by atoms with van der Waals surface area (Å²) in [6.07, 6.45) is -1.66. The molecule has 11 nitrogen and oxygen atoms in total. The van der Waals surface area contributed by atoms with E-state index < -0.39 is 35.5 Å². The number of carbonyl (C=O) groups excluding carboxylic acids is 3. The van der Waals surface area contributed by atoms with Gasteiger partial charge < -0.3 is 41.3 Å². The van der Waals surface area contributed by atoms with Gasteiger partial charge in [-0.05, 0) is 27.7 Å². The topological polar surface area (TPSA) is 146 Å². The number of hydrogen-bond acceptors (Lipinski definition) is 5. The van der Waals surface area contributed by atoms with Crippen LogP contribution >= 0.6 is 0 Å². The highest BCUT2D eigenvalue weighted by atomic mass is 16.3. The fourth-order valence-corrected chi connectivity index (χ4v) is 2.30. The molecule has 1 aliphatic heterocycles. The molecule has 0 unspecified atom stereocenters. The molecule has 0 radical (unpaired) electrons. The fraction of sp³-hybridized carbons (Fsp3) is 0.800. The van der Waals surface area contributed by atoms with Crippen LogP contribution in [-0.2, 0) is 0 Å². The van der Waals surface area contributed by atoms with Crippen LogP contribution in [0.1, 0.15) is 27.7 Å². The van der Waals surface area contributed by atoms with Gasteiger partial charge in [-0.2, -0.15) is 0 Å². The van der Waals surface area contributed by atoms with Gasteiger partial charge in [0.2, 0.25) is 0 Å². The average Bonchev–Trinajstić information content (AvgIpc) is 2.72. The van der Waals surface area contributed by atoms with Crippen molar-refractivity contribution in [1.29, 1.82) is 0 Å². The lowest BCUT2D eigenvalue weighted by Gasteiger charge is -2.31. The molecule has 1 heterocycles. The lowest BCUT2D eigenvalue weighted by molar-refractivity contribution is 0.161. The fourth-order valence-electron chi connectivity index (χ4n) is 2.30. The zero-order valence-corrected chi connectivity index (χ0v) is 16.1. The number of aliphatic hydroxyl groups excluding tert-OH is 2. The summed E-state index contributed by atoms with van der Waals surface area (Å²) >= 11 is 0. The number of aliphatic hydroxyl groups is 2. The highest BCUT2D eigenvalue weighted by molar-refractivity contribution is 5.82. The maximum atomic E-state index is 12.2. The number of urea groups is 3. The zero-order valence-electron chi connectivity index (χ0n) is 16.1. The molecule has 150 valence electrons. The van der Waals surface area contributed by atoms with E-state index in [1.54, 1.807) is 27.7 Å². The molecular formula is C15H30N6O5. The molecule has 0 aliphatic carbocycles. The van der Waals surface area contributed by atoms with Crippen molar-refractivity contribution in [3.8, 4) is 0 Å². The minimum Gasteiger partial charge on any atom is -0.394 e. The van der Waals surface area contributed by atoms with E-state index in [0.29, 0.717) is 0 Å². The van der Waals surface area contributed by atoms with Crippen LogP contribution in [0.2, 0.25) is 0 Å². The Bertz CT molecular complexity index is 507. The van der Waals surface area contributed by atoms with Crippen molar-refractivity contribution in [3.05, 3.63) is 0 Å². The average molecular weight is 374 g/mol. The van der Waals surface area contributed by atoms with Crippen LogP contribution in [0.25, 0.3) is 0 Å². The van der Waals surface area contributed by atoms with Crippen molar-refractivity contribution in [3.63, 3.8) is 0 Å². The Balaban J connectivity index is 2.85. The second-order valence-corrected chi connectivity index (χ2v) is 7.67. The van der Waals surface area contributed by atoms with E-state index in [4.69, 9.17) is 0 Å². The van der Waals surface area contributed by atoms with Crippen LogP contribution in [0, 0.1) is 0 Å². The SMILES string of the molecule is CN1C(=O)N(C)[C@@H](NC(=O)NC(C)(C)CO)[C@@H]1NC(=O)NC(C)(C)CO. The summed E-state index contributed by atoms with van der Waals surface area (Å²) in [6, 6.07) is -1.57. The second-order valence-electron chi connectivity index (χ2n) is 7.67. The Morgan fingerprint density at radius 3 is 1.46 bits per heavy atom.